The Morgan fingerprint density at radius 1 is 1.22 bits per heavy atom. The van der Waals surface area contributed by atoms with E-state index in [4.69, 9.17) is 16.6 Å². The van der Waals surface area contributed by atoms with Crippen molar-refractivity contribution in [1.82, 2.24) is 25.5 Å². The van der Waals surface area contributed by atoms with Gasteiger partial charge in [0.25, 0.3) is 0 Å². The number of aromatic nitrogens is 4. The Bertz CT molecular complexity index is 945. The van der Waals surface area contributed by atoms with E-state index in [1.54, 1.807) is 6.20 Å². The van der Waals surface area contributed by atoms with Crippen LogP contribution in [-0.2, 0) is 0 Å². The fraction of sp³-hybridized carbons (Fsp3) is 0.450. The van der Waals surface area contributed by atoms with Crippen molar-refractivity contribution < 1.29 is 0 Å². The average Bonchev–Trinajstić information content (AvgIpc) is 3.05. The summed E-state index contributed by atoms with van der Waals surface area (Å²) in [6.45, 7) is 9.66. The van der Waals surface area contributed by atoms with Crippen LogP contribution in [0.2, 0.25) is 5.02 Å². The number of aromatic amines is 1. The van der Waals surface area contributed by atoms with E-state index in [2.05, 4.69) is 46.2 Å². The van der Waals surface area contributed by atoms with Crippen molar-refractivity contribution in [2.45, 2.75) is 33.2 Å². The fourth-order valence-corrected chi connectivity index (χ4v) is 3.91. The van der Waals surface area contributed by atoms with Crippen molar-refractivity contribution >= 4 is 28.5 Å². The third kappa shape index (κ3) is 3.92. The molecule has 27 heavy (non-hydrogen) atoms. The summed E-state index contributed by atoms with van der Waals surface area (Å²) in [4.78, 5) is 11.5. The van der Waals surface area contributed by atoms with Crippen LogP contribution in [0, 0.1) is 5.41 Å². The molecule has 7 heteroatoms. The van der Waals surface area contributed by atoms with Crippen molar-refractivity contribution in [2.75, 3.05) is 24.5 Å². The van der Waals surface area contributed by atoms with Crippen molar-refractivity contribution in [1.29, 1.82) is 0 Å². The van der Waals surface area contributed by atoms with Crippen LogP contribution in [0.5, 0.6) is 0 Å². The Kier molecular flexibility index (Phi) is 4.78. The summed E-state index contributed by atoms with van der Waals surface area (Å²) in [6, 6.07) is 8.24. The number of piperazine rings is 1. The van der Waals surface area contributed by atoms with E-state index in [9.17, 15) is 0 Å². The minimum absolute atomic E-state index is 0.292. The molecule has 1 fully saturated rings. The smallest absolute Gasteiger partial charge is 0.155 e. The zero-order chi connectivity index (χ0) is 19.0. The number of hydrogen-bond acceptors (Lipinski definition) is 5. The molecule has 6 nitrogen and oxygen atoms in total. The number of H-pyrrole nitrogens is 1. The molecule has 1 aliphatic rings. The maximum absolute atomic E-state index is 6.48. The maximum atomic E-state index is 6.48. The third-order valence-corrected chi connectivity index (χ3v) is 5.14. The predicted octanol–water partition coefficient (Wildman–Crippen LogP) is 3.89. The van der Waals surface area contributed by atoms with E-state index in [1.807, 2.05) is 24.3 Å². The molecule has 3 aromatic heterocycles. The molecule has 142 valence electrons. The van der Waals surface area contributed by atoms with Gasteiger partial charge in [-0.2, -0.15) is 5.10 Å². The van der Waals surface area contributed by atoms with Gasteiger partial charge in [0.05, 0.1) is 5.02 Å². The Morgan fingerprint density at radius 2 is 2.07 bits per heavy atom. The third-order valence-electron chi connectivity index (χ3n) is 4.83. The SMILES string of the molecule is CC(C)(C)C[C@H]1CN(c2ccc(Cl)c(-c3n[nH]c4ncccc34)n2)CCN1. The first kappa shape index (κ1) is 18.2. The van der Waals surface area contributed by atoms with Gasteiger partial charge in [-0.25, -0.2) is 9.97 Å². The summed E-state index contributed by atoms with van der Waals surface area (Å²) in [5, 5.41) is 12.5. The first-order chi connectivity index (χ1) is 12.9. The second kappa shape index (κ2) is 7.09. The number of anilines is 1. The van der Waals surface area contributed by atoms with Crippen LogP contribution in [0.15, 0.2) is 30.5 Å². The predicted molar refractivity (Wildman–Crippen MR) is 110 cm³/mol. The highest BCUT2D eigenvalue weighted by atomic mass is 35.5. The van der Waals surface area contributed by atoms with Crippen molar-refractivity contribution in [3.8, 4) is 11.4 Å². The average molecular weight is 385 g/mol. The topological polar surface area (TPSA) is 69.7 Å². The first-order valence-corrected chi connectivity index (χ1v) is 9.73. The normalized spacial score (nSPS) is 18.2. The Hall–Kier alpha value is -2.18. The molecule has 4 rings (SSSR count). The highest BCUT2D eigenvalue weighted by Gasteiger charge is 2.25. The Morgan fingerprint density at radius 3 is 2.89 bits per heavy atom. The lowest BCUT2D eigenvalue weighted by atomic mass is 9.87. The molecule has 0 radical (unpaired) electrons. The maximum Gasteiger partial charge on any atom is 0.155 e. The summed E-state index contributed by atoms with van der Waals surface area (Å²) in [5.74, 6) is 0.940. The number of rotatable bonds is 3. The molecular formula is C20H25ClN6. The molecule has 0 saturated carbocycles. The summed E-state index contributed by atoms with van der Waals surface area (Å²) in [6.07, 6.45) is 2.87. The minimum Gasteiger partial charge on any atom is -0.354 e. The molecule has 0 unspecified atom stereocenters. The number of fused-ring (bicyclic) bond motifs is 1. The molecule has 0 aromatic carbocycles. The van der Waals surface area contributed by atoms with Gasteiger partial charge in [-0.15, -0.1) is 0 Å². The molecular weight excluding hydrogens is 360 g/mol. The van der Waals surface area contributed by atoms with Crippen LogP contribution in [0.3, 0.4) is 0 Å². The fourth-order valence-electron chi connectivity index (χ4n) is 3.72. The molecule has 3 aromatic rings. The van der Waals surface area contributed by atoms with Crippen LogP contribution >= 0.6 is 11.6 Å². The summed E-state index contributed by atoms with van der Waals surface area (Å²) in [7, 11) is 0. The van der Waals surface area contributed by atoms with E-state index in [1.165, 1.54) is 0 Å². The van der Waals surface area contributed by atoms with E-state index in [0.717, 1.165) is 48.6 Å². The molecule has 1 atom stereocenters. The van der Waals surface area contributed by atoms with Crippen molar-refractivity contribution in [2.24, 2.45) is 5.41 Å². The first-order valence-electron chi connectivity index (χ1n) is 9.35. The molecule has 0 bridgehead atoms. The molecule has 4 heterocycles. The molecule has 1 saturated heterocycles. The van der Waals surface area contributed by atoms with Gasteiger partial charge in [-0.05, 0) is 36.1 Å². The zero-order valence-electron chi connectivity index (χ0n) is 16.0. The summed E-state index contributed by atoms with van der Waals surface area (Å²) in [5.41, 5.74) is 2.47. The number of nitrogens with zero attached hydrogens (tertiary/aromatic N) is 4. The van der Waals surface area contributed by atoms with Crippen LogP contribution in [0.1, 0.15) is 27.2 Å². The molecule has 2 N–H and O–H groups in total. The van der Waals surface area contributed by atoms with Crippen molar-refractivity contribution in [3.63, 3.8) is 0 Å². The summed E-state index contributed by atoms with van der Waals surface area (Å²) < 4.78 is 0. The monoisotopic (exact) mass is 384 g/mol. The largest absolute Gasteiger partial charge is 0.354 e. The molecule has 0 aliphatic carbocycles. The van der Waals surface area contributed by atoms with Gasteiger partial charge in [0.2, 0.25) is 0 Å². The quantitative estimate of drug-likeness (QED) is 0.717. The lowest BCUT2D eigenvalue weighted by Crippen LogP contribution is -2.52. The Balaban J connectivity index is 1.64. The van der Waals surface area contributed by atoms with Crippen LogP contribution in [0.4, 0.5) is 5.82 Å². The number of pyridine rings is 2. The van der Waals surface area contributed by atoms with Gasteiger partial charge in [0.1, 0.15) is 17.2 Å². The van der Waals surface area contributed by atoms with Gasteiger partial charge in [0, 0.05) is 37.3 Å². The molecule has 1 aliphatic heterocycles. The van der Waals surface area contributed by atoms with Gasteiger partial charge < -0.3 is 10.2 Å². The highest BCUT2D eigenvalue weighted by Crippen LogP contribution is 2.32. The highest BCUT2D eigenvalue weighted by molar-refractivity contribution is 6.33. The van der Waals surface area contributed by atoms with Crippen molar-refractivity contribution in [3.05, 3.63) is 35.5 Å². The minimum atomic E-state index is 0.292. The van der Waals surface area contributed by atoms with Gasteiger partial charge >= 0.3 is 0 Å². The van der Waals surface area contributed by atoms with Gasteiger partial charge in [0.15, 0.2) is 5.65 Å². The van der Waals surface area contributed by atoms with Crippen LogP contribution in [0.25, 0.3) is 22.4 Å². The summed E-state index contributed by atoms with van der Waals surface area (Å²) >= 11 is 6.48. The molecule has 0 spiro atoms. The standard InChI is InChI=1S/C20H25ClN6/c1-20(2,3)11-13-12-27(10-9-22-13)16-7-6-15(21)18(24-16)17-14-5-4-8-23-19(14)26-25-17/h4-8,13,22H,9-12H2,1-3H3,(H,23,25,26)/t13-/m0/s1. The van der Waals surface area contributed by atoms with E-state index in [0.29, 0.717) is 22.2 Å². The van der Waals surface area contributed by atoms with E-state index >= 15 is 0 Å². The van der Waals surface area contributed by atoms with Gasteiger partial charge in [-0.3, -0.25) is 5.10 Å². The van der Waals surface area contributed by atoms with Crippen LogP contribution < -0.4 is 10.2 Å². The van der Waals surface area contributed by atoms with Crippen LogP contribution in [-0.4, -0.2) is 45.8 Å². The number of nitrogens with one attached hydrogen (secondary N) is 2. The lowest BCUT2D eigenvalue weighted by Gasteiger charge is -2.37. The van der Waals surface area contributed by atoms with E-state index < -0.39 is 0 Å². The van der Waals surface area contributed by atoms with E-state index in [-0.39, 0.29) is 0 Å². The number of halogens is 1. The number of hydrogen-bond donors (Lipinski definition) is 2. The second-order valence-electron chi connectivity index (χ2n) is 8.33. The molecule has 0 amide bonds. The Labute approximate surface area is 164 Å². The lowest BCUT2D eigenvalue weighted by molar-refractivity contribution is 0.296. The zero-order valence-corrected chi connectivity index (χ0v) is 16.7. The second-order valence-corrected chi connectivity index (χ2v) is 8.74. The van der Waals surface area contributed by atoms with Gasteiger partial charge in [-0.1, -0.05) is 32.4 Å².